The highest BCUT2D eigenvalue weighted by atomic mass is 35.5. The number of methoxy groups -OCH3 is 1. The number of para-hydroxylation sites is 1. The number of nitrogens with zero attached hydrogens (tertiary/aromatic N) is 2. The molecule has 1 aromatic heterocycles. The molecule has 1 aromatic carbocycles. The van der Waals surface area contributed by atoms with Crippen LogP contribution in [0.2, 0.25) is 5.02 Å². The highest BCUT2D eigenvalue weighted by Gasteiger charge is 2.26. The number of aromatic nitrogens is 2. The molecule has 0 aliphatic rings. The summed E-state index contributed by atoms with van der Waals surface area (Å²) < 4.78 is 7.51. The third-order valence-corrected chi connectivity index (χ3v) is 3.62. The molecule has 0 saturated heterocycles. The summed E-state index contributed by atoms with van der Waals surface area (Å²) in [6, 6.07) is 5.83. The quantitative estimate of drug-likeness (QED) is 0.784. The van der Waals surface area contributed by atoms with Crippen molar-refractivity contribution >= 4 is 34.2 Å². The summed E-state index contributed by atoms with van der Waals surface area (Å²) in [5.41, 5.74) is 1.65. The number of ether oxygens (including phenoxy) is 1. The first-order chi connectivity index (χ1) is 9.01. The van der Waals surface area contributed by atoms with Crippen molar-refractivity contribution in [1.82, 2.24) is 9.55 Å². The number of fused-ring (bicyclic) bond motifs is 1. The minimum Gasteiger partial charge on any atom is -0.382 e. The van der Waals surface area contributed by atoms with E-state index >= 15 is 0 Å². The molecule has 3 nitrogen and oxygen atoms in total. The maximum atomic E-state index is 6.23. The van der Waals surface area contributed by atoms with Crippen molar-refractivity contribution in [3.63, 3.8) is 0 Å². The Balaban J connectivity index is 2.68. The molecule has 0 spiro atoms. The summed E-state index contributed by atoms with van der Waals surface area (Å²) in [7, 11) is 1.70. The van der Waals surface area contributed by atoms with Gasteiger partial charge in [0.15, 0.2) is 0 Å². The van der Waals surface area contributed by atoms with Crippen LogP contribution in [0.15, 0.2) is 18.2 Å². The summed E-state index contributed by atoms with van der Waals surface area (Å²) in [5, 5.41) is 0.667. The van der Waals surface area contributed by atoms with Crippen LogP contribution in [-0.4, -0.2) is 29.1 Å². The van der Waals surface area contributed by atoms with Gasteiger partial charge in [0.25, 0.3) is 0 Å². The number of alkyl halides is 1. The second-order valence-corrected chi connectivity index (χ2v) is 5.94. The minimum atomic E-state index is -0.199. The fourth-order valence-corrected chi connectivity index (χ4v) is 2.84. The van der Waals surface area contributed by atoms with Crippen molar-refractivity contribution in [2.24, 2.45) is 0 Å². The zero-order valence-corrected chi connectivity index (χ0v) is 12.9. The van der Waals surface area contributed by atoms with Crippen molar-refractivity contribution < 1.29 is 4.74 Å². The van der Waals surface area contributed by atoms with Crippen LogP contribution in [-0.2, 0) is 16.7 Å². The molecule has 0 bridgehead atoms. The maximum absolute atomic E-state index is 6.23. The molecule has 0 aliphatic heterocycles. The first kappa shape index (κ1) is 14.6. The molecule has 2 rings (SSSR count). The Hall–Kier alpha value is -0.770. The van der Waals surface area contributed by atoms with Gasteiger partial charge in [-0.15, -0.1) is 11.6 Å². The van der Waals surface area contributed by atoms with Crippen LogP contribution < -0.4 is 0 Å². The van der Waals surface area contributed by atoms with E-state index in [1.54, 1.807) is 7.11 Å². The second kappa shape index (κ2) is 5.70. The predicted molar refractivity (Wildman–Crippen MR) is 80.4 cm³/mol. The topological polar surface area (TPSA) is 27.1 Å². The predicted octanol–water partition coefficient (Wildman–Crippen LogP) is 3.85. The summed E-state index contributed by atoms with van der Waals surface area (Å²) in [4.78, 5) is 4.64. The molecule has 0 atom stereocenters. The van der Waals surface area contributed by atoms with Crippen molar-refractivity contribution in [3.05, 3.63) is 29.0 Å². The average molecular weight is 301 g/mol. The molecular formula is C14H18Cl2N2O. The molecule has 1 heterocycles. The van der Waals surface area contributed by atoms with E-state index in [9.17, 15) is 0 Å². The number of hydrogen-bond donors (Lipinski definition) is 0. The normalized spacial score (nSPS) is 12.3. The fraction of sp³-hybridized carbons (Fsp3) is 0.500. The molecule has 0 fully saturated rings. The number of hydrogen-bond acceptors (Lipinski definition) is 2. The Morgan fingerprint density at radius 3 is 2.74 bits per heavy atom. The van der Waals surface area contributed by atoms with Gasteiger partial charge in [0.1, 0.15) is 11.3 Å². The summed E-state index contributed by atoms with van der Waals surface area (Å²) in [5.74, 6) is 1.48. The molecule has 2 aromatic rings. The Morgan fingerprint density at radius 1 is 1.37 bits per heavy atom. The molecule has 5 heteroatoms. The lowest BCUT2D eigenvalue weighted by atomic mass is 10.1. The van der Waals surface area contributed by atoms with Crippen LogP contribution in [0.5, 0.6) is 0 Å². The Bertz CT molecular complexity index is 578. The highest BCUT2D eigenvalue weighted by Crippen LogP contribution is 2.30. The van der Waals surface area contributed by atoms with Gasteiger partial charge < -0.3 is 9.30 Å². The molecule has 0 saturated carbocycles. The Labute approximate surface area is 123 Å². The van der Waals surface area contributed by atoms with Crippen LogP contribution in [0, 0.1) is 0 Å². The lowest BCUT2D eigenvalue weighted by Crippen LogP contribution is -2.33. The lowest BCUT2D eigenvalue weighted by molar-refractivity contribution is 0.110. The number of aryl methyl sites for hydroxylation is 1. The number of imidazole rings is 1. The van der Waals surface area contributed by atoms with E-state index in [0.717, 1.165) is 16.9 Å². The van der Waals surface area contributed by atoms with Crippen molar-refractivity contribution in [2.45, 2.75) is 25.8 Å². The van der Waals surface area contributed by atoms with Crippen molar-refractivity contribution in [3.8, 4) is 0 Å². The third kappa shape index (κ3) is 2.73. The highest BCUT2D eigenvalue weighted by molar-refractivity contribution is 6.34. The molecule has 0 N–H and O–H groups in total. The van der Waals surface area contributed by atoms with Gasteiger partial charge in [-0.1, -0.05) is 17.7 Å². The van der Waals surface area contributed by atoms with E-state index in [1.807, 2.05) is 18.2 Å². The van der Waals surface area contributed by atoms with E-state index in [4.69, 9.17) is 27.9 Å². The SMILES string of the molecule is COCC(C)(C)n1c(CCCl)nc2c(Cl)cccc21. The van der Waals surface area contributed by atoms with Gasteiger partial charge in [-0.25, -0.2) is 4.98 Å². The van der Waals surface area contributed by atoms with E-state index in [2.05, 4.69) is 23.4 Å². The number of halogens is 2. The molecule has 104 valence electrons. The molecule has 19 heavy (non-hydrogen) atoms. The number of rotatable bonds is 5. The monoisotopic (exact) mass is 300 g/mol. The molecule has 0 unspecified atom stereocenters. The van der Waals surface area contributed by atoms with Gasteiger partial charge in [-0.05, 0) is 26.0 Å². The van der Waals surface area contributed by atoms with Crippen molar-refractivity contribution in [1.29, 1.82) is 0 Å². The van der Waals surface area contributed by atoms with E-state index in [-0.39, 0.29) is 5.54 Å². The van der Waals surface area contributed by atoms with Gasteiger partial charge in [0.2, 0.25) is 0 Å². The lowest BCUT2D eigenvalue weighted by Gasteiger charge is -2.28. The fourth-order valence-electron chi connectivity index (χ4n) is 2.46. The van der Waals surface area contributed by atoms with E-state index < -0.39 is 0 Å². The molecule has 0 radical (unpaired) electrons. The van der Waals surface area contributed by atoms with Gasteiger partial charge in [-0.3, -0.25) is 0 Å². The van der Waals surface area contributed by atoms with Gasteiger partial charge in [0, 0.05) is 19.4 Å². The Kier molecular flexibility index (Phi) is 4.39. The Morgan fingerprint density at radius 2 is 2.11 bits per heavy atom. The molecular weight excluding hydrogens is 283 g/mol. The molecule has 0 aliphatic carbocycles. The first-order valence-electron chi connectivity index (χ1n) is 6.22. The number of benzene rings is 1. The van der Waals surface area contributed by atoms with Gasteiger partial charge in [0.05, 0.1) is 22.7 Å². The van der Waals surface area contributed by atoms with Crippen LogP contribution in [0.4, 0.5) is 0 Å². The van der Waals surface area contributed by atoms with Crippen LogP contribution in [0.25, 0.3) is 11.0 Å². The van der Waals surface area contributed by atoms with Crippen LogP contribution in [0.1, 0.15) is 19.7 Å². The van der Waals surface area contributed by atoms with Crippen molar-refractivity contribution in [2.75, 3.05) is 19.6 Å². The van der Waals surface area contributed by atoms with Crippen LogP contribution in [0.3, 0.4) is 0 Å². The maximum Gasteiger partial charge on any atom is 0.111 e. The standard InChI is InChI=1S/C14H18Cl2N2O/c1-14(2,9-19-3)18-11-6-4-5-10(16)13(11)17-12(18)7-8-15/h4-6H,7-9H2,1-3H3. The zero-order chi connectivity index (χ0) is 14.0. The largest absolute Gasteiger partial charge is 0.382 e. The first-order valence-corrected chi connectivity index (χ1v) is 7.13. The minimum absolute atomic E-state index is 0.199. The summed E-state index contributed by atoms with van der Waals surface area (Å²) >= 11 is 12.1. The van der Waals surface area contributed by atoms with E-state index in [0.29, 0.717) is 23.9 Å². The smallest absolute Gasteiger partial charge is 0.111 e. The molecule has 0 amide bonds. The van der Waals surface area contributed by atoms with Gasteiger partial charge >= 0.3 is 0 Å². The van der Waals surface area contributed by atoms with Gasteiger partial charge in [-0.2, -0.15) is 0 Å². The average Bonchev–Trinajstić information content (AvgIpc) is 2.70. The summed E-state index contributed by atoms with van der Waals surface area (Å²) in [6.45, 7) is 4.84. The summed E-state index contributed by atoms with van der Waals surface area (Å²) in [6.07, 6.45) is 0.708. The third-order valence-electron chi connectivity index (χ3n) is 3.13. The van der Waals surface area contributed by atoms with E-state index in [1.165, 1.54) is 0 Å². The van der Waals surface area contributed by atoms with Crippen LogP contribution >= 0.6 is 23.2 Å². The zero-order valence-electron chi connectivity index (χ0n) is 11.4. The second-order valence-electron chi connectivity index (χ2n) is 5.16.